The van der Waals surface area contributed by atoms with Gasteiger partial charge in [-0.1, -0.05) is 32.3 Å². The first-order valence-electron chi connectivity index (χ1n) is 4.12. The standard InChI is InChI=1S/C8H16O.CO2/c1-2-3-4-5-6-7-8-9;2-1-3/h7-9H,2-6H2,1H3;. The molecule has 0 aliphatic rings. The van der Waals surface area contributed by atoms with Crippen molar-refractivity contribution in [2.24, 2.45) is 0 Å². The molecule has 0 radical (unpaired) electrons. The van der Waals surface area contributed by atoms with Crippen molar-refractivity contribution < 1.29 is 14.7 Å². The molecule has 3 heteroatoms. The van der Waals surface area contributed by atoms with Gasteiger partial charge in [-0.15, -0.1) is 0 Å². The zero-order valence-corrected chi connectivity index (χ0v) is 7.45. The van der Waals surface area contributed by atoms with Gasteiger partial charge in [0.05, 0.1) is 6.26 Å². The SMILES string of the molecule is CCCCCCC=CO.O=C=O. The summed E-state index contributed by atoms with van der Waals surface area (Å²) in [6.07, 6.45) is 9.31. The summed E-state index contributed by atoms with van der Waals surface area (Å²) < 4.78 is 0. The van der Waals surface area contributed by atoms with E-state index in [0.717, 1.165) is 12.7 Å². The fourth-order valence-corrected chi connectivity index (χ4v) is 0.764. The summed E-state index contributed by atoms with van der Waals surface area (Å²) >= 11 is 0. The summed E-state index contributed by atoms with van der Waals surface area (Å²) in [5.41, 5.74) is 0. The van der Waals surface area contributed by atoms with Crippen LogP contribution in [0.1, 0.15) is 39.0 Å². The first kappa shape index (κ1) is 13.5. The molecule has 0 atom stereocenters. The van der Waals surface area contributed by atoms with E-state index in [1.807, 2.05) is 0 Å². The minimum Gasteiger partial charge on any atom is -0.516 e. The number of carbonyl (C=O) groups excluding carboxylic acids is 2. The summed E-state index contributed by atoms with van der Waals surface area (Å²) in [5.74, 6) is 0. The van der Waals surface area contributed by atoms with Gasteiger partial charge in [-0.3, -0.25) is 0 Å². The van der Waals surface area contributed by atoms with Gasteiger partial charge in [0.1, 0.15) is 0 Å². The quantitative estimate of drug-likeness (QED) is 0.512. The van der Waals surface area contributed by atoms with Gasteiger partial charge < -0.3 is 5.11 Å². The molecule has 0 aromatic heterocycles. The number of allylic oxidation sites excluding steroid dienone is 1. The molecule has 0 amide bonds. The highest BCUT2D eigenvalue weighted by Crippen LogP contribution is 2.01. The molecule has 0 bridgehead atoms. The van der Waals surface area contributed by atoms with Crippen LogP contribution in [-0.4, -0.2) is 11.3 Å². The molecule has 0 heterocycles. The molecule has 0 saturated carbocycles. The molecular weight excluding hydrogens is 156 g/mol. The maximum Gasteiger partial charge on any atom is 0.373 e. The maximum absolute atomic E-state index is 8.24. The lowest BCUT2D eigenvalue weighted by molar-refractivity contribution is -0.191. The van der Waals surface area contributed by atoms with E-state index in [-0.39, 0.29) is 6.15 Å². The van der Waals surface area contributed by atoms with Gasteiger partial charge in [0, 0.05) is 0 Å². The molecule has 3 nitrogen and oxygen atoms in total. The van der Waals surface area contributed by atoms with E-state index in [1.165, 1.54) is 25.7 Å². The van der Waals surface area contributed by atoms with Gasteiger partial charge in [0.25, 0.3) is 0 Å². The van der Waals surface area contributed by atoms with E-state index < -0.39 is 0 Å². The molecule has 1 N–H and O–H groups in total. The third-order valence-corrected chi connectivity index (χ3v) is 1.33. The Kier molecular flexibility index (Phi) is 18.6. The fourth-order valence-electron chi connectivity index (χ4n) is 0.764. The number of hydrogen-bond acceptors (Lipinski definition) is 3. The Balaban J connectivity index is 0. The van der Waals surface area contributed by atoms with Gasteiger partial charge >= 0.3 is 6.15 Å². The molecule has 0 saturated heterocycles. The first-order chi connectivity index (χ1) is 5.83. The Hall–Kier alpha value is -1.08. The molecule has 12 heavy (non-hydrogen) atoms. The molecule has 0 fully saturated rings. The van der Waals surface area contributed by atoms with Crippen molar-refractivity contribution >= 4 is 6.15 Å². The minimum absolute atomic E-state index is 0.250. The lowest BCUT2D eigenvalue weighted by Gasteiger charge is -1.92. The highest BCUT2D eigenvalue weighted by Gasteiger charge is 1.82. The van der Waals surface area contributed by atoms with Gasteiger partial charge in [-0.2, -0.15) is 9.59 Å². The lowest BCUT2D eigenvalue weighted by atomic mass is 10.2. The first-order valence-corrected chi connectivity index (χ1v) is 4.12. The highest BCUT2D eigenvalue weighted by atomic mass is 16.2. The van der Waals surface area contributed by atoms with Crippen LogP contribution in [0.15, 0.2) is 12.3 Å². The van der Waals surface area contributed by atoms with E-state index in [0.29, 0.717) is 0 Å². The van der Waals surface area contributed by atoms with Crippen LogP contribution in [0, 0.1) is 0 Å². The Labute approximate surface area is 73.1 Å². The molecule has 0 aromatic carbocycles. The number of aliphatic hydroxyl groups is 1. The summed E-state index contributed by atoms with van der Waals surface area (Å²) in [4.78, 5) is 16.2. The third kappa shape index (κ3) is 23.1. The van der Waals surface area contributed by atoms with Gasteiger partial charge in [-0.25, -0.2) is 0 Å². The predicted molar refractivity (Wildman–Crippen MR) is 45.5 cm³/mol. The van der Waals surface area contributed by atoms with Crippen molar-refractivity contribution in [2.75, 3.05) is 0 Å². The van der Waals surface area contributed by atoms with Crippen LogP contribution in [0.4, 0.5) is 0 Å². The lowest BCUT2D eigenvalue weighted by Crippen LogP contribution is -1.72. The van der Waals surface area contributed by atoms with Gasteiger partial charge in [0.15, 0.2) is 0 Å². The van der Waals surface area contributed by atoms with E-state index in [4.69, 9.17) is 14.7 Å². The van der Waals surface area contributed by atoms with Crippen LogP contribution in [0.25, 0.3) is 0 Å². The molecule has 70 valence electrons. The van der Waals surface area contributed by atoms with Gasteiger partial charge in [-0.05, 0) is 12.8 Å². The second-order valence-electron chi connectivity index (χ2n) is 2.32. The van der Waals surface area contributed by atoms with Crippen molar-refractivity contribution in [3.8, 4) is 0 Å². The molecule has 0 unspecified atom stereocenters. The summed E-state index contributed by atoms with van der Waals surface area (Å²) in [5, 5.41) is 8.24. The molecule has 0 spiro atoms. The summed E-state index contributed by atoms with van der Waals surface area (Å²) in [7, 11) is 0. The Morgan fingerprint density at radius 2 is 1.83 bits per heavy atom. The van der Waals surface area contributed by atoms with E-state index in [2.05, 4.69) is 6.92 Å². The fraction of sp³-hybridized carbons (Fsp3) is 0.667. The van der Waals surface area contributed by atoms with Crippen LogP contribution < -0.4 is 0 Å². The number of unbranched alkanes of at least 4 members (excludes halogenated alkanes) is 4. The zero-order chi connectivity index (χ0) is 9.66. The summed E-state index contributed by atoms with van der Waals surface area (Å²) in [6.45, 7) is 2.20. The Bertz CT molecular complexity index is 124. The van der Waals surface area contributed by atoms with Crippen molar-refractivity contribution in [1.29, 1.82) is 0 Å². The minimum atomic E-state index is 0.250. The van der Waals surface area contributed by atoms with E-state index in [1.54, 1.807) is 6.08 Å². The summed E-state index contributed by atoms with van der Waals surface area (Å²) in [6, 6.07) is 0. The highest BCUT2D eigenvalue weighted by molar-refractivity contribution is 5.20. The van der Waals surface area contributed by atoms with E-state index >= 15 is 0 Å². The smallest absolute Gasteiger partial charge is 0.373 e. The predicted octanol–water partition coefficient (Wildman–Crippen LogP) is 2.45. The molecule has 0 rings (SSSR count). The topological polar surface area (TPSA) is 54.4 Å². The molecular formula is C9H16O3. The van der Waals surface area contributed by atoms with Gasteiger partial charge in [0.2, 0.25) is 0 Å². The third-order valence-electron chi connectivity index (χ3n) is 1.33. The Morgan fingerprint density at radius 1 is 1.25 bits per heavy atom. The van der Waals surface area contributed by atoms with E-state index in [9.17, 15) is 0 Å². The van der Waals surface area contributed by atoms with Crippen molar-refractivity contribution in [3.05, 3.63) is 12.3 Å². The second-order valence-corrected chi connectivity index (χ2v) is 2.32. The zero-order valence-electron chi connectivity index (χ0n) is 7.45. The molecule has 0 aromatic rings. The average Bonchev–Trinajstić information content (AvgIpc) is 2.06. The van der Waals surface area contributed by atoms with Crippen LogP contribution >= 0.6 is 0 Å². The number of hydrogen-bond donors (Lipinski definition) is 1. The second kappa shape index (κ2) is 16.5. The van der Waals surface area contributed by atoms with Crippen molar-refractivity contribution in [3.63, 3.8) is 0 Å². The largest absolute Gasteiger partial charge is 0.516 e. The van der Waals surface area contributed by atoms with Crippen LogP contribution in [0.2, 0.25) is 0 Å². The van der Waals surface area contributed by atoms with Crippen molar-refractivity contribution in [1.82, 2.24) is 0 Å². The number of rotatable bonds is 5. The van der Waals surface area contributed by atoms with Crippen LogP contribution in [0.3, 0.4) is 0 Å². The monoisotopic (exact) mass is 172 g/mol. The average molecular weight is 172 g/mol. The maximum atomic E-state index is 8.24. The Morgan fingerprint density at radius 3 is 2.25 bits per heavy atom. The number of aliphatic hydroxyl groups excluding tert-OH is 1. The van der Waals surface area contributed by atoms with Crippen molar-refractivity contribution in [2.45, 2.75) is 39.0 Å². The molecule has 0 aliphatic heterocycles. The normalized spacial score (nSPS) is 8.75. The van der Waals surface area contributed by atoms with Crippen LogP contribution in [0.5, 0.6) is 0 Å². The van der Waals surface area contributed by atoms with Crippen LogP contribution in [-0.2, 0) is 9.59 Å². The molecule has 0 aliphatic carbocycles.